The summed E-state index contributed by atoms with van der Waals surface area (Å²) in [5.74, 6) is 0.142. The van der Waals surface area contributed by atoms with Crippen LogP contribution in [0.4, 0.5) is 5.69 Å². The zero-order valence-corrected chi connectivity index (χ0v) is 15.2. The fourth-order valence-corrected chi connectivity index (χ4v) is 2.97. The van der Waals surface area contributed by atoms with E-state index in [-0.39, 0.29) is 17.1 Å². The molecule has 3 rings (SSSR count). The third kappa shape index (κ3) is 3.15. The molecule has 2 fully saturated rings. The molecular weight excluding hydrogens is 305 g/mol. The number of hydrogen-bond acceptors (Lipinski definition) is 5. The van der Waals surface area contributed by atoms with E-state index in [0.717, 1.165) is 37.5 Å². The second-order valence-electron chi connectivity index (χ2n) is 7.52. The lowest BCUT2D eigenvalue weighted by Crippen LogP contribution is -2.48. The number of amides is 1. The van der Waals surface area contributed by atoms with Crippen LogP contribution in [0.5, 0.6) is 0 Å². The van der Waals surface area contributed by atoms with Gasteiger partial charge in [-0.2, -0.15) is 0 Å². The van der Waals surface area contributed by atoms with Crippen LogP contribution >= 0.6 is 0 Å². The second-order valence-corrected chi connectivity index (χ2v) is 7.52. The second kappa shape index (κ2) is 6.04. The number of hydrogen-bond donors (Lipinski definition) is 0. The molecule has 24 heavy (non-hydrogen) atoms. The van der Waals surface area contributed by atoms with Gasteiger partial charge in [0.2, 0.25) is 5.91 Å². The van der Waals surface area contributed by atoms with E-state index in [9.17, 15) is 4.79 Å². The van der Waals surface area contributed by atoms with Crippen LogP contribution in [0.25, 0.3) is 0 Å². The molecule has 0 unspecified atom stereocenters. The number of pyridine rings is 1. The summed E-state index contributed by atoms with van der Waals surface area (Å²) in [5, 5.41) is 0. The summed E-state index contributed by atoms with van der Waals surface area (Å²) < 4.78 is 12.1. The van der Waals surface area contributed by atoms with E-state index in [2.05, 4.69) is 16.0 Å². The van der Waals surface area contributed by atoms with E-state index in [1.54, 1.807) is 6.92 Å². The van der Waals surface area contributed by atoms with Gasteiger partial charge in [0.05, 0.1) is 22.5 Å². The largest absolute Gasteiger partial charge is 0.514 e. The van der Waals surface area contributed by atoms with Crippen LogP contribution in [0.2, 0.25) is 0 Å². The van der Waals surface area contributed by atoms with Crippen LogP contribution in [0.1, 0.15) is 34.6 Å². The summed E-state index contributed by atoms with van der Waals surface area (Å²) >= 11 is 0. The summed E-state index contributed by atoms with van der Waals surface area (Å²) in [5.41, 5.74) is 1.14. The van der Waals surface area contributed by atoms with Crippen LogP contribution in [0, 0.1) is 0 Å². The molecule has 0 radical (unpaired) electrons. The molecule has 1 aromatic heterocycles. The molecule has 0 atom stereocenters. The Kier molecular flexibility index (Phi) is 4.34. The highest BCUT2D eigenvalue weighted by Gasteiger charge is 2.52. The van der Waals surface area contributed by atoms with E-state index in [0.29, 0.717) is 0 Å². The Balaban J connectivity index is 1.66. The lowest BCUT2D eigenvalue weighted by Gasteiger charge is -2.35. The molecule has 3 heterocycles. The number of nitrogens with zero attached hydrogens (tertiary/aromatic N) is 3. The molecule has 0 aliphatic carbocycles. The van der Waals surface area contributed by atoms with Crippen molar-refractivity contribution in [3.63, 3.8) is 0 Å². The summed E-state index contributed by atoms with van der Waals surface area (Å²) in [6, 6.07) is 4.02. The van der Waals surface area contributed by atoms with Crippen molar-refractivity contribution in [1.82, 2.24) is 9.88 Å². The van der Waals surface area contributed by atoms with E-state index < -0.39 is 7.12 Å². The summed E-state index contributed by atoms with van der Waals surface area (Å²) in [4.78, 5) is 20.1. The van der Waals surface area contributed by atoms with Gasteiger partial charge in [-0.15, -0.1) is 0 Å². The van der Waals surface area contributed by atoms with Gasteiger partial charge in [-0.1, -0.05) is 0 Å². The summed E-state index contributed by atoms with van der Waals surface area (Å²) in [6.07, 6.45) is 1.86. The quantitative estimate of drug-likeness (QED) is 0.759. The molecule has 7 heteroatoms. The zero-order chi connectivity index (χ0) is 17.5. The van der Waals surface area contributed by atoms with Crippen molar-refractivity contribution in [2.24, 2.45) is 0 Å². The molecule has 1 aromatic rings. The fourth-order valence-electron chi connectivity index (χ4n) is 2.97. The van der Waals surface area contributed by atoms with Crippen molar-refractivity contribution in [3.05, 3.63) is 18.3 Å². The van der Waals surface area contributed by atoms with Gasteiger partial charge in [-0.3, -0.25) is 9.78 Å². The fraction of sp³-hybridized carbons (Fsp3) is 0.647. The van der Waals surface area contributed by atoms with Crippen molar-refractivity contribution in [3.8, 4) is 0 Å². The van der Waals surface area contributed by atoms with Gasteiger partial charge in [0.15, 0.2) is 0 Å². The van der Waals surface area contributed by atoms with Crippen molar-refractivity contribution >= 4 is 24.3 Å². The van der Waals surface area contributed by atoms with E-state index in [1.807, 2.05) is 44.9 Å². The SMILES string of the molecule is CC(=O)N1CCN(c2ccc(B3OC(C)(C)C(C)(C)O3)nc2)CC1. The van der Waals surface area contributed by atoms with Crippen molar-refractivity contribution in [2.75, 3.05) is 31.1 Å². The van der Waals surface area contributed by atoms with E-state index in [4.69, 9.17) is 9.31 Å². The number of aromatic nitrogens is 1. The average molecular weight is 331 g/mol. The molecule has 2 aliphatic heterocycles. The Labute approximate surface area is 144 Å². The molecule has 0 saturated carbocycles. The maximum absolute atomic E-state index is 11.4. The molecular formula is C17H26BN3O3. The van der Waals surface area contributed by atoms with Crippen molar-refractivity contribution in [1.29, 1.82) is 0 Å². The topological polar surface area (TPSA) is 54.9 Å². The number of piperazine rings is 1. The molecule has 0 spiro atoms. The van der Waals surface area contributed by atoms with Gasteiger partial charge in [-0.05, 0) is 39.8 Å². The Morgan fingerprint density at radius 2 is 1.67 bits per heavy atom. The van der Waals surface area contributed by atoms with Crippen molar-refractivity contribution < 1.29 is 14.1 Å². The molecule has 2 saturated heterocycles. The number of carbonyl (C=O) groups is 1. The first-order valence-corrected chi connectivity index (χ1v) is 8.52. The summed E-state index contributed by atoms with van der Waals surface area (Å²) in [7, 11) is -0.432. The van der Waals surface area contributed by atoms with Crippen LogP contribution in [0.15, 0.2) is 18.3 Å². The maximum Gasteiger partial charge on any atom is 0.514 e. The van der Waals surface area contributed by atoms with Crippen LogP contribution in [0.3, 0.4) is 0 Å². The highest BCUT2D eigenvalue weighted by Crippen LogP contribution is 2.36. The Morgan fingerprint density at radius 3 is 2.12 bits per heavy atom. The molecule has 0 aromatic carbocycles. The van der Waals surface area contributed by atoms with Gasteiger partial charge >= 0.3 is 7.12 Å². The summed E-state index contributed by atoms with van der Waals surface area (Å²) in [6.45, 7) is 12.9. The molecule has 130 valence electrons. The Morgan fingerprint density at radius 1 is 1.08 bits per heavy atom. The Bertz CT molecular complexity index is 594. The maximum atomic E-state index is 11.4. The smallest absolute Gasteiger partial charge is 0.398 e. The molecule has 1 amide bonds. The lowest BCUT2D eigenvalue weighted by molar-refractivity contribution is -0.129. The van der Waals surface area contributed by atoms with Crippen LogP contribution in [-0.4, -0.2) is 60.3 Å². The monoisotopic (exact) mass is 331 g/mol. The molecule has 0 N–H and O–H groups in total. The minimum Gasteiger partial charge on any atom is -0.398 e. The first-order valence-electron chi connectivity index (χ1n) is 8.52. The van der Waals surface area contributed by atoms with Gasteiger partial charge in [-0.25, -0.2) is 0 Å². The lowest BCUT2D eigenvalue weighted by atomic mass is 9.84. The average Bonchev–Trinajstić information content (AvgIpc) is 2.76. The van der Waals surface area contributed by atoms with Crippen molar-refractivity contribution in [2.45, 2.75) is 45.8 Å². The zero-order valence-electron chi connectivity index (χ0n) is 15.2. The molecule has 2 aliphatic rings. The van der Waals surface area contributed by atoms with Crippen LogP contribution < -0.4 is 10.5 Å². The first-order chi connectivity index (χ1) is 11.2. The van der Waals surface area contributed by atoms with Gasteiger partial charge < -0.3 is 19.1 Å². The highest BCUT2D eigenvalue weighted by atomic mass is 16.7. The minimum absolute atomic E-state index is 0.142. The van der Waals surface area contributed by atoms with E-state index in [1.165, 1.54) is 0 Å². The third-order valence-corrected chi connectivity index (χ3v) is 5.36. The normalized spacial score (nSPS) is 22.8. The predicted octanol–water partition coefficient (Wildman–Crippen LogP) is 1.05. The number of rotatable bonds is 2. The molecule has 6 nitrogen and oxygen atoms in total. The highest BCUT2D eigenvalue weighted by molar-refractivity contribution is 6.61. The Hall–Kier alpha value is -1.60. The predicted molar refractivity (Wildman–Crippen MR) is 94.4 cm³/mol. The first kappa shape index (κ1) is 17.2. The van der Waals surface area contributed by atoms with E-state index >= 15 is 0 Å². The third-order valence-electron chi connectivity index (χ3n) is 5.36. The van der Waals surface area contributed by atoms with Crippen LogP contribution in [-0.2, 0) is 14.1 Å². The van der Waals surface area contributed by atoms with Gasteiger partial charge in [0.1, 0.15) is 0 Å². The molecule has 0 bridgehead atoms. The van der Waals surface area contributed by atoms with Gasteiger partial charge in [0.25, 0.3) is 0 Å². The minimum atomic E-state index is -0.432. The number of carbonyl (C=O) groups excluding carboxylic acids is 1. The van der Waals surface area contributed by atoms with Gasteiger partial charge in [0, 0.05) is 39.3 Å². The standard InChI is InChI=1S/C17H26BN3O3/c1-13(22)20-8-10-21(11-9-20)14-6-7-15(19-12-14)18-23-16(2,3)17(4,5)24-18/h6-7,12H,8-11H2,1-5H3. The number of anilines is 1.